The third-order valence-electron chi connectivity index (χ3n) is 1.51. The van der Waals surface area contributed by atoms with Gasteiger partial charge in [-0.25, -0.2) is 4.79 Å². The van der Waals surface area contributed by atoms with Crippen LogP contribution in [0.4, 0.5) is 0 Å². The number of hydrogen-bond acceptors (Lipinski definition) is 2. The Morgan fingerprint density at radius 3 is 2.38 bits per heavy atom. The topological polar surface area (TPSA) is 57.5 Å². The SMILES string of the molecule is O=C(O)C(O)(Cl)c1ccccc1Cl. The quantitative estimate of drug-likeness (QED) is 0.748. The van der Waals surface area contributed by atoms with Gasteiger partial charge in [0.25, 0.3) is 5.06 Å². The molecule has 0 aliphatic rings. The van der Waals surface area contributed by atoms with Crippen LogP contribution >= 0.6 is 23.2 Å². The summed E-state index contributed by atoms with van der Waals surface area (Å²) in [5, 5.41) is 15.6. The summed E-state index contributed by atoms with van der Waals surface area (Å²) in [6.45, 7) is 0. The van der Waals surface area contributed by atoms with Gasteiger partial charge < -0.3 is 10.2 Å². The van der Waals surface area contributed by atoms with E-state index in [-0.39, 0.29) is 10.6 Å². The van der Waals surface area contributed by atoms with Crippen molar-refractivity contribution in [2.24, 2.45) is 0 Å². The van der Waals surface area contributed by atoms with Gasteiger partial charge in [-0.1, -0.05) is 41.4 Å². The van der Waals surface area contributed by atoms with Crippen LogP contribution in [-0.2, 0) is 9.85 Å². The first-order valence-corrected chi connectivity index (χ1v) is 4.11. The van der Waals surface area contributed by atoms with Crippen LogP contribution in [0.1, 0.15) is 5.56 Å². The highest BCUT2D eigenvalue weighted by Gasteiger charge is 2.37. The number of alkyl halides is 1. The Kier molecular flexibility index (Phi) is 2.81. The Morgan fingerprint density at radius 1 is 1.38 bits per heavy atom. The molecule has 1 rings (SSSR count). The molecular formula is C8H6Cl2O3. The molecule has 0 aromatic heterocycles. The zero-order valence-electron chi connectivity index (χ0n) is 6.37. The number of aliphatic hydroxyl groups is 1. The van der Waals surface area contributed by atoms with Crippen LogP contribution in [0.15, 0.2) is 24.3 Å². The molecule has 2 N–H and O–H groups in total. The highest BCUT2D eigenvalue weighted by Crippen LogP contribution is 2.31. The number of carbonyl (C=O) groups is 1. The number of aliphatic carboxylic acids is 1. The van der Waals surface area contributed by atoms with E-state index in [0.717, 1.165) is 0 Å². The second kappa shape index (κ2) is 3.54. The van der Waals surface area contributed by atoms with Crippen molar-refractivity contribution in [3.63, 3.8) is 0 Å². The summed E-state index contributed by atoms with van der Waals surface area (Å²) in [5.74, 6) is -1.55. The largest absolute Gasteiger partial charge is 0.478 e. The molecule has 0 bridgehead atoms. The molecule has 5 heteroatoms. The van der Waals surface area contributed by atoms with Crippen LogP contribution in [0.25, 0.3) is 0 Å². The highest BCUT2D eigenvalue weighted by atomic mass is 35.5. The van der Waals surface area contributed by atoms with E-state index >= 15 is 0 Å². The standard InChI is InChI=1S/C8H6Cl2O3/c9-6-4-2-1-3-5(6)8(10,13)7(11)12/h1-4,13H,(H,11,12). The van der Waals surface area contributed by atoms with Gasteiger partial charge in [0.05, 0.1) is 0 Å². The van der Waals surface area contributed by atoms with Gasteiger partial charge in [0.2, 0.25) is 0 Å². The first-order valence-electron chi connectivity index (χ1n) is 3.36. The first kappa shape index (κ1) is 10.3. The smallest absolute Gasteiger partial charge is 0.356 e. The molecule has 70 valence electrons. The molecule has 1 atom stereocenters. The van der Waals surface area contributed by atoms with Gasteiger partial charge in [-0.05, 0) is 6.07 Å². The van der Waals surface area contributed by atoms with Crippen molar-refractivity contribution in [1.82, 2.24) is 0 Å². The van der Waals surface area contributed by atoms with Crippen molar-refractivity contribution >= 4 is 29.2 Å². The van der Waals surface area contributed by atoms with Gasteiger partial charge in [-0.15, -0.1) is 0 Å². The Morgan fingerprint density at radius 2 is 1.92 bits per heavy atom. The normalized spacial score (nSPS) is 15.0. The van der Waals surface area contributed by atoms with E-state index in [1.165, 1.54) is 18.2 Å². The van der Waals surface area contributed by atoms with Gasteiger partial charge in [-0.2, -0.15) is 0 Å². The molecule has 0 fully saturated rings. The van der Waals surface area contributed by atoms with Crippen LogP contribution in [-0.4, -0.2) is 16.2 Å². The number of rotatable bonds is 2. The zero-order valence-corrected chi connectivity index (χ0v) is 7.88. The van der Waals surface area contributed by atoms with Crippen molar-refractivity contribution in [1.29, 1.82) is 0 Å². The fraction of sp³-hybridized carbons (Fsp3) is 0.125. The lowest BCUT2D eigenvalue weighted by atomic mass is 10.1. The van der Waals surface area contributed by atoms with Crippen molar-refractivity contribution in [2.45, 2.75) is 5.06 Å². The molecule has 0 saturated carbocycles. The van der Waals surface area contributed by atoms with E-state index in [4.69, 9.17) is 28.3 Å². The predicted molar refractivity (Wildman–Crippen MR) is 48.8 cm³/mol. The third kappa shape index (κ3) is 1.94. The molecule has 1 unspecified atom stereocenters. The number of carboxylic acids is 1. The number of halogens is 2. The Balaban J connectivity index is 3.22. The minimum Gasteiger partial charge on any atom is -0.478 e. The van der Waals surface area contributed by atoms with Crippen molar-refractivity contribution < 1.29 is 15.0 Å². The lowest BCUT2D eigenvalue weighted by Gasteiger charge is -2.16. The zero-order chi connectivity index (χ0) is 10.1. The molecule has 0 aliphatic heterocycles. The van der Waals surface area contributed by atoms with Crippen LogP contribution in [0.3, 0.4) is 0 Å². The summed E-state index contributed by atoms with van der Waals surface area (Å²) < 4.78 is 0. The molecule has 1 aromatic rings. The summed E-state index contributed by atoms with van der Waals surface area (Å²) in [6, 6.07) is 5.95. The van der Waals surface area contributed by atoms with Gasteiger partial charge in [-0.3, -0.25) is 0 Å². The summed E-state index contributed by atoms with van der Waals surface area (Å²) in [5.41, 5.74) is -0.0363. The molecule has 0 heterocycles. The average molecular weight is 221 g/mol. The fourth-order valence-corrected chi connectivity index (χ4v) is 1.33. The first-order chi connectivity index (χ1) is 5.96. The lowest BCUT2D eigenvalue weighted by molar-refractivity contribution is -0.150. The molecule has 0 amide bonds. The van der Waals surface area contributed by atoms with Crippen molar-refractivity contribution in [3.8, 4) is 0 Å². The Bertz CT molecular complexity index is 336. The van der Waals surface area contributed by atoms with E-state index in [0.29, 0.717) is 0 Å². The summed E-state index contributed by atoms with van der Waals surface area (Å²) >= 11 is 11.0. The second-order valence-electron chi connectivity index (χ2n) is 2.41. The predicted octanol–water partition coefficient (Wildman–Crippen LogP) is 1.81. The van der Waals surface area contributed by atoms with Gasteiger partial charge in [0.15, 0.2) is 0 Å². The van der Waals surface area contributed by atoms with Crippen LogP contribution in [0.5, 0.6) is 0 Å². The molecule has 0 spiro atoms. The fourth-order valence-electron chi connectivity index (χ4n) is 0.845. The number of hydrogen-bond donors (Lipinski definition) is 2. The van der Waals surface area contributed by atoms with E-state index in [9.17, 15) is 9.90 Å². The Hall–Kier alpha value is -0.770. The molecule has 1 aromatic carbocycles. The highest BCUT2D eigenvalue weighted by molar-refractivity contribution is 6.36. The minimum atomic E-state index is -2.46. The van der Waals surface area contributed by atoms with E-state index in [2.05, 4.69) is 0 Å². The van der Waals surface area contributed by atoms with E-state index in [1.807, 2.05) is 0 Å². The summed E-state index contributed by atoms with van der Waals surface area (Å²) in [6.07, 6.45) is 0. The third-order valence-corrected chi connectivity index (χ3v) is 2.21. The van der Waals surface area contributed by atoms with Crippen LogP contribution in [0.2, 0.25) is 5.02 Å². The van der Waals surface area contributed by atoms with Gasteiger partial charge >= 0.3 is 5.97 Å². The average Bonchev–Trinajstić information content (AvgIpc) is 2.04. The van der Waals surface area contributed by atoms with E-state index < -0.39 is 11.0 Å². The molecular weight excluding hydrogens is 215 g/mol. The molecule has 0 radical (unpaired) electrons. The van der Waals surface area contributed by atoms with Gasteiger partial charge in [0.1, 0.15) is 0 Å². The minimum absolute atomic E-state index is 0.0363. The maximum absolute atomic E-state index is 10.5. The monoisotopic (exact) mass is 220 g/mol. The molecule has 3 nitrogen and oxygen atoms in total. The Labute approximate surface area is 84.5 Å². The maximum Gasteiger partial charge on any atom is 0.356 e. The van der Waals surface area contributed by atoms with Gasteiger partial charge in [0, 0.05) is 10.6 Å². The number of benzene rings is 1. The van der Waals surface area contributed by atoms with E-state index in [1.54, 1.807) is 6.07 Å². The maximum atomic E-state index is 10.5. The van der Waals surface area contributed by atoms with Crippen LogP contribution < -0.4 is 0 Å². The van der Waals surface area contributed by atoms with Crippen molar-refractivity contribution in [2.75, 3.05) is 0 Å². The van der Waals surface area contributed by atoms with Crippen molar-refractivity contribution in [3.05, 3.63) is 34.9 Å². The molecule has 0 aliphatic carbocycles. The second-order valence-corrected chi connectivity index (χ2v) is 3.36. The molecule has 13 heavy (non-hydrogen) atoms. The van der Waals surface area contributed by atoms with Crippen LogP contribution in [0, 0.1) is 0 Å². The summed E-state index contributed by atoms with van der Waals surface area (Å²) in [4.78, 5) is 10.5. The molecule has 0 saturated heterocycles. The number of carboxylic acid groups (broad SMARTS) is 1. The lowest BCUT2D eigenvalue weighted by Crippen LogP contribution is -2.29. The summed E-state index contributed by atoms with van der Waals surface area (Å²) in [7, 11) is 0.